The molecule has 0 radical (unpaired) electrons. The highest BCUT2D eigenvalue weighted by Crippen LogP contribution is 2.29. The van der Waals surface area contributed by atoms with Crippen LogP contribution in [0.2, 0.25) is 5.15 Å². The van der Waals surface area contributed by atoms with Crippen molar-refractivity contribution < 1.29 is 4.79 Å². The average molecular weight is 358 g/mol. The van der Waals surface area contributed by atoms with Crippen LogP contribution < -0.4 is 4.90 Å². The first-order valence-electron chi connectivity index (χ1n) is 7.52. The Morgan fingerprint density at radius 1 is 1.21 bits per heavy atom. The van der Waals surface area contributed by atoms with Crippen LogP contribution in [0.5, 0.6) is 0 Å². The largest absolute Gasteiger partial charge is 0.308 e. The fourth-order valence-electron chi connectivity index (χ4n) is 2.60. The molecule has 1 amide bonds. The molecule has 0 N–H and O–H groups in total. The summed E-state index contributed by atoms with van der Waals surface area (Å²) in [6.45, 7) is 2.46. The lowest BCUT2D eigenvalue weighted by Gasteiger charge is -2.23. The molecule has 0 spiro atoms. The van der Waals surface area contributed by atoms with E-state index in [9.17, 15) is 4.79 Å². The van der Waals surface area contributed by atoms with E-state index >= 15 is 0 Å². The summed E-state index contributed by atoms with van der Waals surface area (Å²) < 4.78 is 0. The van der Waals surface area contributed by atoms with E-state index in [1.807, 2.05) is 55.6 Å². The molecule has 2 aromatic carbocycles. The number of aromatic nitrogens is 2. The SMILES string of the molecule is CCN(C(=O)c1cnc(SC)nc1Cl)c1cccc2ccccc12. The van der Waals surface area contributed by atoms with Crippen molar-refractivity contribution in [3.8, 4) is 0 Å². The second-order valence-electron chi connectivity index (χ2n) is 5.11. The minimum absolute atomic E-state index is 0.179. The summed E-state index contributed by atoms with van der Waals surface area (Å²) in [5, 5.41) is 2.83. The highest BCUT2D eigenvalue weighted by atomic mass is 35.5. The van der Waals surface area contributed by atoms with E-state index in [0.717, 1.165) is 16.5 Å². The lowest BCUT2D eigenvalue weighted by atomic mass is 10.1. The monoisotopic (exact) mass is 357 g/mol. The van der Waals surface area contributed by atoms with E-state index in [2.05, 4.69) is 9.97 Å². The van der Waals surface area contributed by atoms with Crippen molar-refractivity contribution in [3.63, 3.8) is 0 Å². The molecule has 1 heterocycles. The molecule has 6 heteroatoms. The van der Waals surface area contributed by atoms with E-state index in [-0.39, 0.29) is 11.1 Å². The van der Waals surface area contributed by atoms with E-state index in [4.69, 9.17) is 11.6 Å². The zero-order chi connectivity index (χ0) is 17.1. The van der Waals surface area contributed by atoms with Crippen LogP contribution in [0.1, 0.15) is 17.3 Å². The first kappa shape index (κ1) is 16.7. The Morgan fingerprint density at radius 2 is 1.96 bits per heavy atom. The molecule has 0 aliphatic heterocycles. The summed E-state index contributed by atoms with van der Waals surface area (Å²) in [6.07, 6.45) is 3.36. The normalized spacial score (nSPS) is 10.8. The van der Waals surface area contributed by atoms with Gasteiger partial charge in [-0.1, -0.05) is 59.8 Å². The van der Waals surface area contributed by atoms with Crippen LogP contribution in [-0.4, -0.2) is 28.7 Å². The van der Waals surface area contributed by atoms with Crippen LogP contribution in [0.25, 0.3) is 10.8 Å². The molecule has 0 atom stereocenters. The lowest BCUT2D eigenvalue weighted by molar-refractivity contribution is 0.0988. The van der Waals surface area contributed by atoms with Gasteiger partial charge in [-0.3, -0.25) is 4.79 Å². The minimum Gasteiger partial charge on any atom is -0.308 e. The summed E-state index contributed by atoms with van der Waals surface area (Å²) in [7, 11) is 0. The van der Waals surface area contributed by atoms with Gasteiger partial charge in [0.25, 0.3) is 5.91 Å². The highest BCUT2D eigenvalue weighted by molar-refractivity contribution is 7.98. The number of nitrogens with zero attached hydrogens (tertiary/aromatic N) is 3. The predicted molar refractivity (Wildman–Crippen MR) is 100 cm³/mol. The number of hydrogen-bond acceptors (Lipinski definition) is 4. The van der Waals surface area contributed by atoms with Crippen LogP contribution >= 0.6 is 23.4 Å². The molecule has 3 aromatic rings. The number of fused-ring (bicyclic) bond motifs is 1. The van der Waals surface area contributed by atoms with Crippen molar-refractivity contribution in [2.24, 2.45) is 0 Å². The summed E-state index contributed by atoms with van der Waals surface area (Å²) in [5.41, 5.74) is 1.16. The van der Waals surface area contributed by atoms with E-state index in [1.165, 1.54) is 18.0 Å². The average Bonchev–Trinajstić information content (AvgIpc) is 2.62. The third kappa shape index (κ3) is 3.09. The smallest absolute Gasteiger partial charge is 0.262 e. The number of amides is 1. The Bertz CT molecular complexity index is 895. The van der Waals surface area contributed by atoms with Crippen LogP contribution in [0.4, 0.5) is 5.69 Å². The van der Waals surface area contributed by atoms with Gasteiger partial charge in [0.2, 0.25) is 0 Å². The molecule has 3 rings (SSSR count). The highest BCUT2D eigenvalue weighted by Gasteiger charge is 2.21. The maximum Gasteiger partial charge on any atom is 0.262 e. The molecular weight excluding hydrogens is 342 g/mol. The van der Waals surface area contributed by atoms with Crippen LogP contribution in [0, 0.1) is 0 Å². The van der Waals surface area contributed by atoms with Crippen molar-refractivity contribution in [2.45, 2.75) is 12.1 Å². The molecule has 0 fully saturated rings. The van der Waals surface area contributed by atoms with Gasteiger partial charge >= 0.3 is 0 Å². The zero-order valence-corrected chi connectivity index (χ0v) is 14.9. The van der Waals surface area contributed by atoms with Crippen molar-refractivity contribution in [3.05, 3.63) is 59.4 Å². The molecule has 0 aliphatic carbocycles. The summed E-state index contributed by atoms with van der Waals surface area (Å²) in [5.74, 6) is -0.202. The number of anilines is 1. The van der Waals surface area contributed by atoms with E-state index in [1.54, 1.807) is 4.90 Å². The summed E-state index contributed by atoms with van der Waals surface area (Å²) in [4.78, 5) is 23.0. The first-order valence-corrected chi connectivity index (χ1v) is 9.12. The number of hydrogen-bond donors (Lipinski definition) is 0. The van der Waals surface area contributed by atoms with Gasteiger partial charge < -0.3 is 4.90 Å². The Hall–Kier alpha value is -2.11. The topological polar surface area (TPSA) is 46.1 Å². The van der Waals surface area contributed by atoms with Crippen molar-refractivity contribution in [1.82, 2.24) is 9.97 Å². The zero-order valence-electron chi connectivity index (χ0n) is 13.4. The summed E-state index contributed by atoms with van der Waals surface area (Å²) in [6, 6.07) is 13.9. The van der Waals surface area contributed by atoms with Crippen LogP contribution in [0.3, 0.4) is 0 Å². The Kier molecular flexibility index (Phi) is 5.02. The molecule has 0 unspecified atom stereocenters. The molecule has 0 aliphatic rings. The number of thioether (sulfide) groups is 1. The Balaban J connectivity index is 2.06. The van der Waals surface area contributed by atoms with Crippen LogP contribution in [-0.2, 0) is 0 Å². The molecular formula is C18H16ClN3OS. The fourth-order valence-corrected chi connectivity index (χ4v) is 3.20. The standard InChI is InChI=1S/C18H16ClN3OS/c1-3-22(15-10-6-8-12-7-4-5-9-13(12)15)17(23)14-11-20-18(24-2)21-16(14)19/h4-11H,3H2,1-2H3. The number of halogens is 1. The van der Waals surface area contributed by atoms with Gasteiger partial charge in [-0.05, 0) is 24.6 Å². The third-order valence-electron chi connectivity index (χ3n) is 3.75. The molecule has 24 heavy (non-hydrogen) atoms. The van der Waals surface area contributed by atoms with Gasteiger partial charge in [-0.2, -0.15) is 0 Å². The van der Waals surface area contributed by atoms with Crippen molar-refractivity contribution in [2.75, 3.05) is 17.7 Å². The molecule has 0 bridgehead atoms. The number of rotatable bonds is 4. The maximum absolute atomic E-state index is 13.0. The quantitative estimate of drug-likeness (QED) is 0.386. The van der Waals surface area contributed by atoms with E-state index < -0.39 is 0 Å². The van der Waals surface area contributed by atoms with Gasteiger partial charge in [-0.25, -0.2) is 9.97 Å². The number of carbonyl (C=O) groups excluding carboxylic acids is 1. The van der Waals surface area contributed by atoms with Gasteiger partial charge in [0.05, 0.1) is 11.3 Å². The van der Waals surface area contributed by atoms with Crippen molar-refractivity contribution >= 4 is 45.7 Å². The summed E-state index contributed by atoms with van der Waals surface area (Å²) >= 11 is 7.58. The molecule has 122 valence electrons. The lowest BCUT2D eigenvalue weighted by Crippen LogP contribution is -2.31. The number of benzene rings is 2. The first-order chi connectivity index (χ1) is 11.7. The van der Waals surface area contributed by atoms with Crippen molar-refractivity contribution in [1.29, 1.82) is 0 Å². The number of carbonyl (C=O) groups is 1. The Morgan fingerprint density at radius 3 is 2.67 bits per heavy atom. The fraction of sp³-hybridized carbons (Fsp3) is 0.167. The second kappa shape index (κ2) is 7.20. The van der Waals surface area contributed by atoms with Crippen LogP contribution in [0.15, 0.2) is 53.8 Å². The Labute approximate surface area is 149 Å². The van der Waals surface area contributed by atoms with Gasteiger partial charge in [0.15, 0.2) is 5.16 Å². The van der Waals surface area contributed by atoms with Gasteiger partial charge in [0.1, 0.15) is 5.15 Å². The third-order valence-corrected chi connectivity index (χ3v) is 4.60. The maximum atomic E-state index is 13.0. The molecule has 1 aromatic heterocycles. The predicted octanol–water partition coefficient (Wildman–Crippen LogP) is 4.67. The second-order valence-corrected chi connectivity index (χ2v) is 6.24. The molecule has 0 saturated heterocycles. The van der Waals surface area contributed by atoms with Gasteiger partial charge in [-0.15, -0.1) is 0 Å². The molecule has 0 saturated carbocycles. The molecule has 4 nitrogen and oxygen atoms in total. The van der Waals surface area contributed by atoms with E-state index in [0.29, 0.717) is 17.3 Å². The minimum atomic E-state index is -0.202. The van der Waals surface area contributed by atoms with Gasteiger partial charge in [0, 0.05) is 18.1 Å².